The summed E-state index contributed by atoms with van der Waals surface area (Å²) in [6.45, 7) is 3.55. The number of imide groups is 1. The van der Waals surface area contributed by atoms with Crippen molar-refractivity contribution >= 4 is 28.6 Å². The Hall–Kier alpha value is -2.61. The zero-order valence-corrected chi connectivity index (χ0v) is 13.2. The minimum atomic E-state index is -0.717. The van der Waals surface area contributed by atoms with Gasteiger partial charge in [0.1, 0.15) is 5.52 Å². The highest BCUT2D eigenvalue weighted by Crippen LogP contribution is 2.23. The van der Waals surface area contributed by atoms with Crippen LogP contribution in [0.3, 0.4) is 0 Å². The van der Waals surface area contributed by atoms with Gasteiger partial charge in [-0.2, -0.15) is 9.69 Å². The fourth-order valence-electron chi connectivity index (χ4n) is 3.27. The van der Waals surface area contributed by atoms with Crippen molar-refractivity contribution in [3.05, 3.63) is 28.7 Å². The molecule has 1 aromatic carbocycles. The molecule has 3 heterocycles. The van der Waals surface area contributed by atoms with Crippen LogP contribution >= 0.6 is 0 Å². The molecule has 4 rings (SSSR count). The van der Waals surface area contributed by atoms with E-state index in [9.17, 15) is 14.4 Å². The number of hydrogen-bond acceptors (Lipinski definition) is 6. The Labute approximate surface area is 137 Å². The summed E-state index contributed by atoms with van der Waals surface area (Å²) in [6.07, 6.45) is 1.03. The number of rotatable bonds is 2. The van der Waals surface area contributed by atoms with Crippen LogP contribution in [0.1, 0.15) is 19.3 Å². The lowest BCUT2D eigenvalue weighted by atomic mass is 10.1. The predicted molar refractivity (Wildman–Crippen MR) is 87.6 cm³/mol. The predicted octanol–water partition coefficient (Wildman–Crippen LogP) is 0.179. The van der Waals surface area contributed by atoms with Crippen LogP contribution in [0.15, 0.2) is 27.4 Å². The molecule has 0 spiro atoms. The van der Waals surface area contributed by atoms with Crippen LogP contribution in [-0.4, -0.2) is 42.7 Å². The van der Waals surface area contributed by atoms with Crippen molar-refractivity contribution in [1.29, 1.82) is 0 Å². The average molecular weight is 330 g/mol. The van der Waals surface area contributed by atoms with E-state index in [1.54, 1.807) is 12.1 Å². The van der Waals surface area contributed by atoms with Crippen LogP contribution in [0.5, 0.6) is 0 Å². The molecule has 1 aromatic heterocycles. The van der Waals surface area contributed by atoms with Crippen molar-refractivity contribution < 1.29 is 14.0 Å². The van der Waals surface area contributed by atoms with Gasteiger partial charge in [-0.15, -0.1) is 0 Å². The Balaban J connectivity index is 1.77. The lowest BCUT2D eigenvalue weighted by Crippen LogP contribution is -2.51. The summed E-state index contributed by atoms with van der Waals surface area (Å²) in [6, 6.07) is 5.40. The van der Waals surface area contributed by atoms with Crippen molar-refractivity contribution in [3.8, 4) is 0 Å². The number of oxazole rings is 1. The van der Waals surface area contributed by atoms with Crippen LogP contribution in [0.2, 0.25) is 0 Å². The summed E-state index contributed by atoms with van der Waals surface area (Å²) in [4.78, 5) is 38.6. The van der Waals surface area contributed by atoms with Gasteiger partial charge in [-0.1, -0.05) is 0 Å². The number of carbonyl (C=O) groups excluding carboxylic acids is 2. The fraction of sp³-hybridized carbons (Fsp3) is 0.438. The first-order valence-electron chi connectivity index (χ1n) is 8.12. The molecular weight excluding hydrogens is 312 g/mol. The Kier molecular flexibility index (Phi) is 3.61. The van der Waals surface area contributed by atoms with Crippen molar-refractivity contribution in [1.82, 2.24) is 9.99 Å². The zero-order valence-electron chi connectivity index (χ0n) is 13.2. The monoisotopic (exact) mass is 330 g/mol. The van der Waals surface area contributed by atoms with E-state index < -0.39 is 5.76 Å². The van der Waals surface area contributed by atoms with Gasteiger partial charge in [0, 0.05) is 50.8 Å². The molecule has 24 heavy (non-hydrogen) atoms. The first-order chi connectivity index (χ1) is 11.6. The van der Waals surface area contributed by atoms with E-state index in [1.807, 2.05) is 6.07 Å². The van der Waals surface area contributed by atoms with Crippen LogP contribution in [0.4, 0.5) is 5.69 Å². The minimum absolute atomic E-state index is 0.254. The second kappa shape index (κ2) is 5.79. The number of piperidine rings is 1. The molecule has 1 N–H and O–H groups in total. The number of carbonyl (C=O) groups is 2. The smallest absolute Gasteiger partial charge is 0.406 e. The number of fused-ring (bicyclic) bond motifs is 1. The van der Waals surface area contributed by atoms with E-state index in [2.05, 4.69) is 10.2 Å². The van der Waals surface area contributed by atoms with Crippen molar-refractivity contribution in [2.24, 2.45) is 0 Å². The molecule has 0 radical (unpaired) electrons. The number of nitrogens with zero attached hydrogens (tertiary/aromatic N) is 3. The molecule has 8 heteroatoms. The molecule has 0 unspecified atom stereocenters. The second-order valence-corrected chi connectivity index (χ2v) is 6.02. The quantitative estimate of drug-likeness (QED) is 0.791. The molecule has 0 atom stereocenters. The number of nitrogens with one attached hydrogen (secondary N) is 1. The summed E-state index contributed by atoms with van der Waals surface area (Å²) in [7, 11) is 0. The molecule has 2 aliphatic heterocycles. The number of aromatic nitrogens is 1. The number of anilines is 1. The molecule has 2 fully saturated rings. The maximum Gasteiger partial charge on any atom is 0.439 e. The summed E-state index contributed by atoms with van der Waals surface area (Å²) in [5.41, 5.74) is 1.77. The SMILES string of the molecule is O=C1CCCC(=O)N1n1c(=O)oc2cc(N3CCNCC3)ccc21. The standard InChI is InChI=1S/C16H18N4O4/c21-14-2-1-3-15(22)20(14)19-12-5-4-11(10-13(12)24-16(19)23)18-8-6-17-7-9-18/h4-5,10,17H,1-3,6-9H2. The van der Waals surface area contributed by atoms with Crippen LogP contribution in [0, 0.1) is 0 Å². The highest BCUT2D eigenvalue weighted by molar-refractivity contribution is 6.10. The highest BCUT2D eigenvalue weighted by Gasteiger charge is 2.31. The first-order valence-corrected chi connectivity index (χ1v) is 8.12. The maximum absolute atomic E-state index is 12.2. The Morgan fingerprint density at radius 2 is 1.71 bits per heavy atom. The number of amides is 2. The van der Waals surface area contributed by atoms with Crippen molar-refractivity contribution in [2.75, 3.05) is 36.1 Å². The molecule has 2 aromatic rings. The lowest BCUT2D eigenvalue weighted by Gasteiger charge is -2.29. The molecule has 0 saturated carbocycles. The normalized spacial score (nSPS) is 19.3. The van der Waals surface area contributed by atoms with E-state index in [4.69, 9.17) is 4.42 Å². The van der Waals surface area contributed by atoms with Gasteiger partial charge >= 0.3 is 5.76 Å². The van der Waals surface area contributed by atoms with Gasteiger partial charge in [0.05, 0.1) is 0 Å². The maximum atomic E-state index is 12.2. The van der Waals surface area contributed by atoms with Gasteiger partial charge in [-0.3, -0.25) is 9.59 Å². The van der Waals surface area contributed by atoms with Crippen molar-refractivity contribution in [2.45, 2.75) is 19.3 Å². The van der Waals surface area contributed by atoms with Crippen molar-refractivity contribution in [3.63, 3.8) is 0 Å². The topological polar surface area (TPSA) is 87.8 Å². The van der Waals surface area contributed by atoms with Crippen LogP contribution in [0.25, 0.3) is 11.1 Å². The third kappa shape index (κ3) is 2.39. The molecule has 8 nitrogen and oxygen atoms in total. The third-order valence-electron chi connectivity index (χ3n) is 4.48. The van der Waals surface area contributed by atoms with Gasteiger partial charge in [0.15, 0.2) is 5.58 Å². The van der Waals surface area contributed by atoms with Gasteiger partial charge in [0.25, 0.3) is 0 Å². The van der Waals surface area contributed by atoms with Gasteiger partial charge in [-0.05, 0) is 18.6 Å². The van der Waals surface area contributed by atoms with E-state index in [0.717, 1.165) is 41.6 Å². The first kappa shape index (κ1) is 14.9. The van der Waals surface area contributed by atoms with Gasteiger partial charge in [-0.25, -0.2) is 4.79 Å². The van der Waals surface area contributed by atoms with Gasteiger partial charge < -0.3 is 14.6 Å². The average Bonchev–Trinajstić information content (AvgIpc) is 2.91. The lowest BCUT2D eigenvalue weighted by molar-refractivity contribution is -0.131. The Morgan fingerprint density at radius 3 is 2.42 bits per heavy atom. The third-order valence-corrected chi connectivity index (χ3v) is 4.48. The number of piperazine rings is 1. The molecule has 2 aliphatic rings. The summed E-state index contributed by atoms with van der Waals surface area (Å²) in [5.74, 6) is -1.46. The highest BCUT2D eigenvalue weighted by atomic mass is 16.4. The molecular formula is C16H18N4O4. The Morgan fingerprint density at radius 1 is 1.00 bits per heavy atom. The molecule has 126 valence electrons. The van der Waals surface area contributed by atoms with E-state index in [0.29, 0.717) is 17.5 Å². The molecule has 2 amide bonds. The van der Waals surface area contributed by atoms with E-state index >= 15 is 0 Å². The second-order valence-electron chi connectivity index (χ2n) is 6.02. The molecule has 2 saturated heterocycles. The van der Waals surface area contributed by atoms with E-state index in [1.165, 1.54) is 0 Å². The summed E-state index contributed by atoms with van der Waals surface area (Å²) < 4.78 is 6.36. The largest absolute Gasteiger partial charge is 0.439 e. The van der Waals surface area contributed by atoms with Crippen LogP contribution < -0.4 is 21.0 Å². The fourth-order valence-corrected chi connectivity index (χ4v) is 3.27. The van der Waals surface area contributed by atoms with Crippen LogP contribution in [-0.2, 0) is 9.59 Å². The zero-order chi connectivity index (χ0) is 16.7. The Bertz CT molecular complexity index is 847. The summed E-state index contributed by atoms with van der Waals surface area (Å²) in [5, 5.41) is 4.21. The minimum Gasteiger partial charge on any atom is -0.406 e. The van der Waals surface area contributed by atoms with E-state index in [-0.39, 0.29) is 24.7 Å². The number of benzene rings is 1. The molecule has 0 bridgehead atoms. The molecule has 0 aliphatic carbocycles. The van der Waals surface area contributed by atoms with Gasteiger partial charge in [0.2, 0.25) is 11.8 Å². The summed E-state index contributed by atoms with van der Waals surface area (Å²) >= 11 is 0. The number of hydrogen-bond donors (Lipinski definition) is 1.